The van der Waals surface area contributed by atoms with Crippen LogP contribution in [0.15, 0.2) is 41.0 Å². The molecule has 1 aromatic rings. The first kappa shape index (κ1) is 20.2. The molecule has 0 spiro atoms. The lowest BCUT2D eigenvalue weighted by Gasteiger charge is -2.19. The third kappa shape index (κ3) is 6.32. The van der Waals surface area contributed by atoms with Crippen molar-refractivity contribution < 1.29 is 9.53 Å². The third-order valence-electron chi connectivity index (χ3n) is 4.60. The van der Waals surface area contributed by atoms with Crippen molar-refractivity contribution in [2.45, 2.75) is 71.6 Å². The Morgan fingerprint density at radius 1 is 1.19 bits per heavy atom. The van der Waals surface area contributed by atoms with Gasteiger partial charge in [-0.15, -0.1) is 0 Å². The van der Waals surface area contributed by atoms with E-state index in [1.54, 1.807) is 0 Å². The van der Waals surface area contributed by atoms with Crippen LogP contribution in [0.25, 0.3) is 0 Å². The lowest BCUT2D eigenvalue weighted by Crippen LogP contribution is -2.25. The number of hydrogen-bond donors (Lipinski definition) is 1. The molecule has 0 unspecified atom stereocenters. The number of allylic oxidation sites excluding steroid dienone is 2. The lowest BCUT2D eigenvalue weighted by molar-refractivity contribution is -0.123. The summed E-state index contributed by atoms with van der Waals surface area (Å²) in [7, 11) is 0. The Balaban J connectivity index is 1.79. The van der Waals surface area contributed by atoms with Crippen LogP contribution in [0.1, 0.15) is 71.8 Å². The van der Waals surface area contributed by atoms with Gasteiger partial charge in [0.05, 0.1) is 5.71 Å². The zero-order valence-corrected chi connectivity index (χ0v) is 16.6. The minimum atomic E-state index is -0.225. The van der Waals surface area contributed by atoms with Crippen LogP contribution in [0.4, 0.5) is 0 Å². The third-order valence-corrected chi connectivity index (χ3v) is 4.60. The Bertz CT molecular complexity index is 652. The lowest BCUT2D eigenvalue weighted by atomic mass is 9.87. The van der Waals surface area contributed by atoms with Crippen LogP contribution in [0.2, 0.25) is 0 Å². The van der Waals surface area contributed by atoms with Crippen LogP contribution in [-0.2, 0) is 10.2 Å². The first-order valence-electron chi connectivity index (χ1n) is 9.68. The molecular formula is C22H32N2O2. The van der Waals surface area contributed by atoms with Crippen LogP contribution in [-0.4, -0.2) is 18.2 Å². The maximum Gasteiger partial charge on any atom is 0.277 e. The van der Waals surface area contributed by atoms with Gasteiger partial charge in [0.15, 0.2) is 6.61 Å². The van der Waals surface area contributed by atoms with Crippen molar-refractivity contribution in [3.8, 4) is 5.75 Å². The van der Waals surface area contributed by atoms with Crippen molar-refractivity contribution in [1.29, 1.82) is 0 Å². The number of carbonyl (C=O) groups is 1. The second-order valence-corrected chi connectivity index (χ2v) is 7.88. The summed E-state index contributed by atoms with van der Waals surface area (Å²) < 4.78 is 5.56. The Morgan fingerprint density at radius 3 is 2.58 bits per heavy atom. The van der Waals surface area contributed by atoms with E-state index in [2.05, 4.69) is 44.3 Å². The van der Waals surface area contributed by atoms with Crippen molar-refractivity contribution in [1.82, 2.24) is 5.43 Å². The number of nitrogens with one attached hydrogen (secondary N) is 1. The molecule has 1 aliphatic carbocycles. The number of hydrogen-bond acceptors (Lipinski definition) is 3. The van der Waals surface area contributed by atoms with Crippen molar-refractivity contribution in [2.24, 2.45) is 5.10 Å². The first-order valence-corrected chi connectivity index (χ1v) is 9.68. The molecule has 0 radical (unpaired) electrons. The molecule has 0 heterocycles. The summed E-state index contributed by atoms with van der Waals surface area (Å²) in [5.74, 6) is 0.471. The summed E-state index contributed by atoms with van der Waals surface area (Å²) in [6, 6.07) is 7.90. The van der Waals surface area contributed by atoms with Gasteiger partial charge in [-0.25, -0.2) is 5.43 Å². The van der Waals surface area contributed by atoms with Crippen LogP contribution in [0.5, 0.6) is 5.75 Å². The summed E-state index contributed by atoms with van der Waals surface area (Å²) in [6.07, 6.45) is 8.86. The zero-order chi connectivity index (χ0) is 19.0. The Morgan fingerprint density at radius 2 is 1.92 bits per heavy atom. The summed E-state index contributed by atoms with van der Waals surface area (Å²) >= 11 is 0. The van der Waals surface area contributed by atoms with Crippen molar-refractivity contribution in [3.05, 3.63) is 41.5 Å². The van der Waals surface area contributed by atoms with E-state index in [0.29, 0.717) is 5.75 Å². The average molecular weight is 357 g/mol. The monoisotopic (exact) mass is 356 g/mol. The van der Waals surface area contributed by atoms with Crippen molar-refractivity contribution in [3.63, 3.8) is 0 Å². The minimum Gasteiger partial charge on any atom is -0.484 e. The van der Waals surface area contributed by atoms with Gasteiger partial charge in [-0.05, 0) is 54.4 Å². The van der Waals surface area contributed by atoms with Gasteiger partial charge in [0, 0.05) is 0 Å². The number of ether oxygens (including phenoxy) is 1. The van der Waals surface area contributed by atoms with E-state index < -0.39 is 0 Å². The Kier molecular flexibility index (Phi) is 7.43. The quantitative estimate of drug-likeness (QED) is 0.518. The fourth-order valence-electron chi connectivity index (χ4n) is 2.96. The molecule has 1 aliphatic rings. The average Bonchev–Trinajstić information content (AvgIpc) is 3.05. The summed E-state index contributed by atoms with van der Waals surface area (Å²) in [6.45, 7) is 8.69. The number of benzene rings is 1. The van der Waals surface area contributed by atoms with E-state index in [9.17, 15) is 4.79 Å². The largest absolute Gasteiger partial charge is 0.484 e. The summed E-state index contributed by atoms with van der Waals surface area (Å²) in [5.41, 5.74) is 6.29. The SMILES string of the molecule is CCCCCC1=CCCC1=NNC(=O)COc1ccc(C(C)(C)C)cc1. The highest BCUT2D eigenvalue weighted by atomic mass is 16.5. The van der Waals surface area contributed by atoms with Gasteiger partial charge in [-0.1, -0.05) is 58.7 Å². The molecule has 0 saturated carbocycles. The smallest absolute Gasteiger partial charge is 0.277 e. The Labute approximate surface area is 157 Å². The van der Waals surface area contributed by atoms with Crippen molar-refractivity contribution in [2.75, 3.05) is 6.61 Å². The van der Waals surface area contributed by atoms with Gasteiger partial charge in [-0.2, -0.15) is 5.10 Å². The molecule has 0 atom stereocenters. The summed E-state index contributed by atoms with van der Waals surface area (Å²) in [5, 5.41) is 4.31. The van der Waals surface area contributed by atoms with E-state index in [1.807, 2.05) is 24.3 Å². The molecular weight excluding hydrogens is 324 g/mol. The number of carbonyl (C=O) groups excluding carboxylic acids is 1. The van der Waals surface area contributed by atoms with E-state index in [1.165, 1.54) is 30.4 Å². The molecule has 142 valence electrons. The van der Waals surface area contributed by atoms with Crippen LogP contribution < -0.4 is 10.2 Å². The second kappa shape index (κ2) is 9.56. The molecule has 1 aromatic carbocycles. The number of amides is 1. The van der Waals surface area contributed by atoms with Gasteiger partial charge in [0.2, 0.25) is 0 Å². The zero-order valence-electron chi connectivity index (χ0n) is 16.6. The molecule has 0 fully saturated rings. The number of hydrazone groups is 1. The highest BCUT2D eigenvalue weighted by Crippen LogP contribution is 2.24. The first-order chi connectivity index (χ1) is 12.4. The van der Waals surface area contributed by atoms with Crippen LogP contribution >= 0.6 is 0 Å². The molecule has 0 aromatic heterocycles. The molecule has 0 bridgehead atoms. The van der Waals surface area contributed by atoms with Gasteiger partial charge >= 0.3 is 0 Å². The highest BCUT2D eigenvalue weighted by molar-refractivity contribution is 6.02. The molecule has 26 heavy (non-hydrogen) atoms. The number of unbranched alkanes of at least 4 members (excludes halogenated alkanes) is 2. The fourth-order valence-corrected chi connectivity index (χ4v) is 2.96. The molecule has 1 N–H and O–H groups in total. The van der Waals surface area contributed by atoms with Crippen LogP contribution in [0.3, 0.4) is 0 Å². The molecule has 2 rings (SSSR count). The normalized spacial score (nSPS) is 15.8. The van der Waals surface area contributed by atoms with Gasteiger partial charge < -0.3 is 4.74 Å². The number of rotatable bonds is 8. The molecule has 0 saturated heterocycles. The van der Waals surface area contributed by atoms with Gasteiger partial charge in [0.25, 0.3) is 5.91 Å². The van der Waals surface area contributed by atoms with E-state index in [0.717, 1.165) is 25.0 Å². The van der Waals surface area contributed by atoms with E-state index in [4.69, 9.17) is 4.74 Å². The molecule has 1 amide bonds. The second-order valence-electron chi connectivity index (χ2n) is 7.88. The van der Waals surface area contributed by atoms with Crippen LogP contribution in [0, 0.1) is 0 Å². The Hall–Kier alpha value is -2.10. The standard InChI is InChI=1S/C22H32N2O2/c1-5-6-7-9-17-10-8-11-20(17)23-24-21(25)16-26-19-14-12-18(13-15-19)22(2,3)4/h10,12-15H,5-9,11,16H2,1-4H3,(H,24,25). The van der Waals surface area contributed by atoms with E-state index in [-0.39, 0.29) is 17.9 Å². The maximum atomic E-state index is 12.0. The van der Waals surface area contributed by atoms with Gasteiger partial charge in [0.1, 0.15) is 5.75 Å². The number of nitrogens with zero attached hydrogens (tertiary/aromatic N) is 1. The predicted molar refractivity (Wildman–Crippen MR) is 108 cm³/mol. The molecule has 4 heteroatoms. The highest BCUT2D eigenvalue weighted by Gasteiger charge is 2.14. The van der Waals surface area contributed by atoms with Gasteiger partial charge in [-0.3, -0.25) is 4.79 Å². The predicted octanol–water partition coefficient (Wildman–Crippen LogP) is 5.14. The topological polar surface area (TPSA) is 50.7 Å². The van der Waals surface area contributed by atoms with Crippen molar-refractivity contribution >= 4 is 11.6 Å². The molecule has 4 nitrogen and oxygen atoms in total. The minimum absolute atomic E-state index is 0.0273. The maximum absolute atomic E-state index is 12.0. The van der Waals surface area contributed by atoms with E-state index >= 15 is 0 Å². The fraction of sp³-hybridized carbons (Fsp3) is 0.545. The molecule has 0 aliphatic heterocycles. The summed E-state index contributed by atoms with van der Waals surface area (Å²) in [4.78, 5) is 12.0.